The molecule has 0 unspecified atom stereocenters. The molecule has 4 atom stereocenters. The number of hydrogen-bond donors (Lipinski definition) is 2. The van der Waals surface area contributed by atoms with Gasteiger partial charge in [0, 0.05) is 5.56 Å². The number of benzene rings is 1. The normalized spacial score (nSPS) is 26.3. The average molecular weight is 480 g/mol. The molecule has 2 N–H and O–H groups in total. The summed E-state index contributed by atoms with van der Waals surface area (Å²) in [7, 11) is 0. The molecular formula is C25H22ClN3O5. The summed E-state index contributed by atoms with van der Waals surface area (Å²) in [5, 5.41) is 20.3. The summed E-state index contributed by atoms with van der Waals surface area (Å²) in [6.45, 7) is 1.84. The predicted octanol–water partition coefficient (Wildman–Crippen LogP) is 3.46. The molecule has 1 aromatic carbocycles. The van der Waals surface area contributed by atoms with Gasteiger partial charge in [0.15, 0.2) is 6.10 Å². The molecule has 0 spiro atoms. The zero-order chi connectivity index (χ0) is 23.2. The van der Waals surface area contributed by atoms with Crippen LogP contribution in [-0.4, -0.2) is 65.9 Å². The van der Waals surface area contributed by atoms with Gasteiger partial charge in [-0.2, -0.15) is 5.26 Å². The van der Waals surface area contributed by atoms with E-state index in [0.717, 1.165) is 24.2 Å². The fourth-order valence-corrected chi connectivity index (χ4v) is 5.05. The molecule has 3 aliphatic heterocycles. The Morgan fingerprint density at radius 2 is 1.94 bits per heavy atom. The lowest BCUT2D eigenvalue weighted by atomic mass is 9.99. The SMILES string of the molecule is N#Cc1c(O[C@@H]2CO[C@H]3[C@@H]2OC[C@H]3O)[nH]c2cc(Cl)c(-c3ccc(C4=CCOCC4)cc3)nc12. The summed E-state index contributed by atoms with van der Waals surface area (Å²) in [6, 6.07) is 12.0. The number of aliphatic hydroxyl groups is 1. The molecule has 3 aliphatic rings. The Hall–Kier alpha value is -2.93. The van der Waals surface area contributed by atoms with Crippen LogP contribution in [0.4, 0.5) is 0 Å². The number of fused-ring (bicyclic) bond motifs is 2. The van der Waals surface area contributed by atoms with Gasteiger partial charge >= 0.3 is 0 Å². The van der Waals surface area contributed by atoms with Crippen LogP contribution in [-0.2, 0) is 14.2 Å². The van der Waals surface area contributed by atoms with Crippen LogP contribution >= 0.6 is 11.6 Å². The second kappa shape index (κ2) is 8.69. The van der Waals surface area contributed by atoms with Crippen molar-refractivity contribution in [2.45, 2.75) is 30.8 Å². The van der Waals surface area contributed by atoms with E-state index in [9.17, 15) is 10.4 Å². The Morgan fingerprint density at radius 3 is 2.71 bits per heavy atom. The van der Waals surface area contributed by atoms with E-state index in [4.69, 9.17) is 35.5 Å². The molecule has 2 aromatic heterocycles. The fraction of sp³-hybridized carbons (Fsp3) is 0.360. The second-order valence-corrected chi connectivity index (χ2v) is 9.01. The van der Waals surface area contributed by atoms with Crippen LogP contribution < -0.4 is 4.74 Å². The van der Waals surface area contributed by atoms with E-state index in [1.54, 1.807) is 6.07 Å². The van der Waals surface area contributed by atoms with Crippen molar-refractivity contribution in [3.63, 3.8) is 0 Å². The number of halogens is 1. The quantitative estimate of drug-likeness (QED) is 0.589. The maximum absolute atomic E-state index is 9.96. The topological polar surface area (TPSA) is 110 Å². The highest BCUT2D eigenvalue weighted by Crippen LogP contribution is 2.36. The molecule has 9 heteroatoms. The minimum Gasteiger partial charge on any atom is -0.469 e. The van der Waals surface area contributed by atoms with E-state index in [2.05, 4.69) is 29.3 Å². The maximum atomic E-state index is 9.96. The van der Waals surface area contributed by atoms with Crippen LogP contribution in [0, 0.1) is 11.3 Å². The molecule has 0 radical (unpaired) electrons. The van der Waals surface area contributed by atoms with Gasteiger partial charge in [0.05, 0.1) is 42.7 Å². The summed E-state index contributed by atoms with van der Waals surface area (Å²) < 4.78 is 22.7. The Kier molecular flexibility index (Phi) is 5.52. The number of nitrogens with zero attached hydrogens (tertiary/aromatic N) is 2. The van der Waals surface area contributed by atoms with E-state index in [1.165, 1.54) is 5.57 Å². The van der Waals surface area contributed by atoms with E-state index in [-0.39, 0.29) is 19.3 Å². The number of pyridine rings is 1. The van der Waals surface area contributed by atoms with Crippen LogP contribution in [0.1, 0.15) is 17.5 Å². The molecule has 0 bridgehead atoms. The van der Waals surface area contributed by atoms with Crippen LogP contribution in [0.15, 0.2) is 36.4 Å². The smallest absolute Gasteiger partial charge is 0.212 e. The Bertz CT molecular complexity index is 1310. The van der Waals surface area contributed by atoms with Gasteiger partial charge in [0.1, 0.15) is 35.5 Å². The molecule has 34 heavy (non-hydrogen) atoms. The van der Waals surface area contributed by atoms with Crippen molar-refractivity contribution in [3.05, 3.63) is 52.6 Å². The van der Waals surface area contributed by atoms with E-state index < -0.39 is 18.3 Å². The lowest BCUT2D eigenvalue weighted by molar-refractivity contribution is 0.00789. The van der Waals surface area contributed by atoms with Crippen LogP contribution in [0.3, 0.4) is 0 Å². The monoisotopic (exact) mass is 479 g/mol. The predicted molar refractivity (Wildman–Crippen MR) is 125 cm³/mol. The number of nitrogens with one attached hydrogen (secondary N) is 1. The van der Waals surface area contributed by atoms with E-state index in [1.807, 2.05) is 12.1 Å². The van der Waals surface area contributed by atoms with Gasteiger partial charge in [-0.25, -0.2) is 4.98 Å². The Labute approximate surface area is 200 Å². The number of rotatable bonds is 4. The summed E-state index contributed by atoms with van der Waals surface area (Å²) in [5.74, 6) is 0.291. The third kappa shape index (κ3) is 3.66. The highest BCUT2D eigenvalue weighted by atomic mass is 35.5. The fourth-order valence-electron chi connectivity index (χ4n) is 4.79. The molecule has 0 amide bonds. The first-order valence-corrected chi connectivity index (χ1v) is 11.6. The Morgan fingerprint density at radius 1 is 1.15 bits per heavy atom. The zero-order valence-corrected chi connectivity index (χ0v) is 18.9. The summed E-state index contributed by atoms with van der Waals surface area (Å²) >= 11 is 6.59. The first-order valence-electron chi connectivity index (χ1n) is 11.2. The molecule has 5 heterocycles. The number of hydrogen-bond acceptors (Lipinski definition) is 7. The van der Waals surface area contributed by atoms with Crippen LogP contribution in [0.25, 0.3) is 27.9 Å². The molecule has 174 valence electrons. The molecule has 6 rings (SSSR count). The van der Waals surface area contributed by atoms with Gasteiger partial charge in [-0.1, -0.05) is 41.9 Å². The first-order chi connectivity index (χ1) is 16.6. The molecular weight excluding hydrogens is 458 g/mol. The highest BCUT2D eigenvalue weighted by Gasteiger charge is 2.48. The third-order valence-electron chi connectivity index (χ3n) is 6.54. The minimum atomic E-state index is -0.672. The number of H-pyrrole nitrogens is 1. The van der Waals surface area contributed by atoms with Crippen molar-refractivity contribution in [1.82, 2.24) is 9.97 Å². The van der Waals surface area contributed by atoms with Gasteiger partial charge < -0.3 is 29.0 Å². The van der Waals surface area contributed by atoms with Gasteiger partial charge in [-0.3, -0.25) is 0 Å². The standard InChI is InChI=1S/C25H22ClN3O5/c26-17-9-18-22(29-21(17)15-3-1-13(2-4-15)14-5-7-31-8-6-14)16(10-27)25(28-18)34-20-12-33-23-19(30)11-32-24(20)23/h1-5,9,19-20,23-24,28,30H,6-8,11-12H2/t19-,20-,23-,24-/m1/s1. The highest BCUT2D eigenvalue weighted by molar-refractivity contribution is 6.33. The van der Waals surface area contributed by atoms with Gasteiger partial charge in [0.25, 0.3) is 0 Å². The number of nitriles is 1. The Balaban J connectivity index is 1.32. The van der Waals surface area contributed by atoms with Crippen molar-refractivity contribution in [1.29, 1.82) is 5.26 Å². The minimum absolute atomic E-state index is 0.206. The number of aromatic nitrogens is 2. The van der Waals surface area contributed by atoms with Gasteiger partial charge in [-0.05, 0) is 23.6 Å². The average Bonchev–Trinajstić information content (AvgIpc) is 3.54. The van der Waals surface area contributed by atoms with Crippen LogP contribution in [0.2, 0.25) is 5.02 Å². The third-order valence-corrected chi connectivity index (χ3v) is 6.83. The van der Waals surface area contributed by atoms with E-state index in [0.29, 0.717) is 39.8 Å². The van der Waals surface area contributed by atoms with Crippen molar-refractivity contribution < 1.29 is 24.1 Å². The molecule has 2 fully saturated rings. The van der Waals surface area contributed by atoms with Crippen molar-refractivity contribution in [2.75, 3.05) is 26.4 Å². The second-order valence-electron chi connectivity index (χ2n) is 8.61. The van der Waals surface area contributed by atoms with Crippen molar-refractivity contribution in [3.8, 4) is 23.2 Å². The van der Waals surface area contributed by atoms with Crippen molar-refractivity contribution in [2.24, 2.45) is 0 Å². The number of aromatic amines is 1. The van der Waals surface area contributed by atoms with E-state index >= 15 is 0 Å². The summed E-state index contributed by atoms with van der Waals surface area (Å²) in [5.41, 5.74) is 5.24. The number of ether oxygens (including phenoxy) is 4. The summed E-state index contributed by atoms with van der Waals surface area (Å²) in [4.78, 5) is 7.85. The van der Waals surface area contributed by atoms with Crippen LogP contribution in [0.5, 0.6) is 5.88 Å². The lowest BCUT2D eigenvalue weighted by Crippen LogP contribution is -2.34. The molecule has 0 saturated carbocycles. The lowest BCUT2D eigenvalue weighted by Gasteiger charge is -2.16. The molecule has 0 aliphatic carbocycles. The maximum Gasteiger partial charge on any atom is 0.212 e. The summed E-state index contributed by atoms with van der Waals surface area (Å²) in [6.07, 6.45) is 1.08. The molecule has 3 aromatic rings. The first kappa shape index (κ1) is 21.6. The molecule has 8 nitrogen and oxygen atoms in total. The number of aliphatic hydroxyl groups excluding tert-OH is 1. The van der Waals surface area contributed by atoms with Gasteiger partial charge in [0.2, 0.25) is 5.88 Å². The molecule has 2 saturated heterocycles. The zero-order valence-electron chi connectivity index (χ0n) is 18.2. The van der Waals surface area contributed by atoms with Crippen molar-refractivity contribution >= 4 is 28.2 Å². The largest absolute Gasteiger partial charge is 0.469 e. The van der Waals surface area contributed by atoms with Gasteiger partial charge in [-0.15, -0.1) is 0 Å².